The molecule has 17 heavy (non-hydrogen) atoms. The zero-order valence-electron chi connectivity index (χ0n) is 9.93. The van der Waals surface area contributed by atoms with Crippen molar-refractivity contribution >= 4 is 37.8 Å². The van der Waals surface area contributed by atoms with Gasteiger partial charge in [-0.05, 0) is 53.4 Å². The summed E-state index contributed by atoms with van der Waals surface area (Å²) in [6.45, 7) is 2.75. The number of unbranched alkanes of at least 4 members (excludes halogenated alkanes) is 2. The molecule has 0 unspecified atom stereocenters. The van der Waals surface area contributed by atoms with Crippen molar-refractivity contribution in [3.8, 4) is 0 Å². The first-order valence-electron chi connectivity index (χ1n) is 5.75. The highest BCUT2D eigenvalue weighted by Gasteiger charge is 2.08. The number of carbonyl (C=O) groups is 1. The molecule has 1 aromatic carbocycles. The zero-order valence-corrected chi connectivity index (χ0v) is 13.1. The average molecular weight is 363 g/mol. The van der Waals surface area contributed by atoms with Crippen molar-refractivity contribution in [3.05, 3.63) is 33.8 Å². The summed E-state index contributed by atoms with van der Waals surface area (Å²) in [6.07, 6.45) is 3.32. The van der Waals surface area contributed by atoms with Crippen molar-refractivity contribution in [1.29, 1.82) is 0 Å². The number of hydrogen-bond acceptors (Lipinski definition) is 1. The monoisotopic (exact) mass is 361 g/mol. The maximum absolute atomic E-state index is 11.9. The molecule has 4 heteroatoms. The van der Waals surface area contributed by atoms with Gasteiger partial charge in [-0.25, -0.2) is 0 Å². The molecule has 0 saturated heterocycles. The molecule has 1 amide bonds. The van der Waals surface area contributed by atoms with Gasteiger partial charge in [-0.2, -0.15) is 0 Å². The molecule has 1 rings (SSSR count). The summed E-state index contributed by atoms with van der Waals surface area (Å²) in [5.74, 6) is -0.00397. The Morgan fingerprint density at radius 3 is 2.71 bits per heavy atom. The first-order chi connectivity index (χ1) is 8.15. The number of amides is 1. The van der Waals surface area contributed by atoms with E-state index < -0.39 is 0 Å². The summed E-state index contributed by atoms with van der Waals surface area (Å²) >= 11 is 6.80. The number of aryl methyl sites for hydroxylation is 1. The van der Waals surface area contributed by atoms with Gasteiger partial charge in [0, 0.05) is 16.3 Å². The summed E-state index contributed by atoms with van der Waals surface area (Å²) in [7, 11) is 0. The number of halogens is 2. The Hall–Kier alpha value is -0.350. The fraction of sp³-hybridized carbons (Fsp3) is 0.462. The molecule has 0 spiro atoms. The Kier molecular flexibility index (Phi) is 6.82. The molecule has 2 nitrogen and oxygen atoms in total. The molecule has 0 aromatic heterocycles. The maximum Gasteiger partial charge on any atom is 0.252 e. The molecule has 0 atom stereocenters. The Morgan fingerprint density at radius 2 is 2.06 bits per heavy atom. The molecule has 0 radical (unpaired) electrons. The van der Waals surface area contributed by atoms with E-state index >= 15 is 0 Å². The second kappa shape index (κ2) is 7.88. The lowest BCUT2D eigenvalue weighted by Gasteiger charge is -2.07. The van der Waals surface area contributed by atoms with E-state index in [2.05, 4.69) is 37.2 Å². The first kappa shape index (κ1) is 14.7. The molecule has 0 heterocycles. The summed E-state index contributed by atoms with van der Waals surface area (Å²) in [6, 6.07) is 5.76. The minimum absolute atomic E-state index is 0.00397. The van der Waals surface area contributed by atoms with Gasteiger partial charge in [0.2, 0.25) is 0 Å². The Balaban J connectivity index is 2.42. The van der Waals surface area contributed by atoms with Crippen molar-refractivity contribution in [2.45, 2.75) is 26.2 Å². The number of nitrogens with one attached hydrogen (secondary N) is 1. The lowest BCUT2D eigenvalue weighted by Crippen LogP contribution is -2.24. The second-order valence-electron chi connectivity index (χ2n) is 3.99. The molecular weight excluding hydrogens is 346 g/mol. The van der Waals surface area contributed by atoms with Crippen LogP contribution in [0.4, 0.5) is 0 Å². The molecule has 0 bridgehead atoms. The van der Waals surface area contributed by atoms with E-state index in [1.807, 2.05) is 25.1 Å². The SMILES string of the molecule is Cc1ccc(C(=O)NCCCCCBr)c(Br)c1. The largest absolute Gasteiger partial charge is 0.352 e. The van der Waals surface area contributed by atoms with Crippen molar-refractivity contribution in [2.75, 3.05) is 11.9 Å². The zero-order chi connectivity index (χ0) is 12.7. The molecular formula is C13H17Br2NO. The van der Waals surface area contributed by atoms with Gasteiger partial charge in [0.1, 0.15) is 0 Å². The highest BCUT2D eigenvalue weighted by Crippen LogP contribution is 2.18. The molecule has 0 aliphatic rings. The van der Waals surface area contributed by atoms with Gasteiger partial charge in [-0.3, -0.25) is 4.79 Å². The maximum atomic E-state index is 11.9. The Bertz CT molecular complexity index is 380. The van der Waals surface area contributed by atoms with Crippen LogP contribution in [0.1, 0.15) is 35.2 Å². The highest BCUT2D eigenvalue weighted by molar-refractivity contribution is 9.10. The normalized spacial score (nSPS) is 10.3. The molecule has 1 aromatic rings. The fourth-order valence-electron chi connectivity index (χ4n) is 1.50. The van der Waals surface area contributed by atoms with Crippen LogP contribution < -0.4 is 5.32 Å². The quantitative estimate of drug-likeness (QED) is 0.600. The minimum atomic E-state index is -0.00397. The summed E-state index contributed by atoms with van der Waals surface area (Å²) in [5.41, 5.74) is 1.85. The highest BCUT2D eigenvalue weighted by atomic mass is 79.9. The van der Waals surface area contributed by atoms with E-state index in [1.165, 1.54) is 0 Å². The van der Waals surface area contributed by atoms with Crippen LogP contribution in [-0.4, -0.2) is 17.8 Å². The van der Waals surface area contributed by atoms with Crippen LogP contribution in [0, 0.1) is 6.92 Å². The average Bonchev–Trinajstić information content (AvgIpc) is 2.28. The van der Waals surface area contributed by atoms with Crippen LogP contribution in [0.5, 0.6) is 0 Å². The predicted octanol–water partition coefficient (Wildman–Crippen LogP) is 4.05. The van der Waals surface area contributed by atoms with Crippen LogP contribution in [0.15, 0.2) is 22.7 Å². The first-order valence-corrected chi connectivity index (χ1v) is 7.67. The summed E-state index contributed by atoms with van der Waals surface area (Å²) in [5, 5.41) is 3.97. The van der Waals surface area contributed by atoms with Crippen molar-refractivity contribution < 1.29 is 4.79 Å². The van der Waals surface area contributed by atoms with Gasteiger partial charge < -0.3 is 5.32 Å². The molecule has 94 valence electrons. The second-order valence-corrected chi connectivity index (χ2v) is 5.64. The molecule has 0 fully saturated rings. The molecule has 0 saturated carbocycles. The lowest BCUT2D eigenvalue weighted by molar-refractivity contribution is 0.0952. The Labute approximate surface area is 119 Å². The van der Waals surface area contributed by atoms with E-state index in [1.54, 1.807) is 0 Å². The standard InChI is InChI=1S/C13H17Br2NO/c1-10-5-6-11(12(15)9-10)13(17)16-8-4-2-3-7-14/h5-6,9H,2-4,7-8H2,1H3,(H,16,17). The van der Waals surface area contributed by atoms with Crippen molar-refractivity contribution in [3.63, 3.8) is 0 Å². The number of alkyl halides is 1. The van der Waals surface area contributed by atoms with Crippen LogP contribution in [0.25, 0.3) is 0 Å². The van der Waals surface area contributed by atoms with Gasteiger partial charge in [-0.15, -0.1) is 0 Å². The third-order valence-electron chi connectivity index (χ3n) is 2.47. The van der Waals surface area contributed by atoms with Crippen LogP contribution in [-0.2, 0) is 0 Å². The van der Waals surface area contributed by atoms with Crippen LogP contribution in [0.3, 0.4) is 0 Å². The van der Waals surface area contributed by atoms with E-state index in [4.69, 9.17) is 0 Å². The Morgan fingerprint density at radius 1 is 1.29 bits per heavy atom. The predicted molar refractivity (Wildman–Crippen MR) is 78.9 cm³/mol. The molecule has 1 N–H and O–H groups in total. The fourth-order valence-corrected chi connectivity index (χ4v) is 2.57. The summed E-state index contributed by atoms with van der Waals surface area (Å²) in [4.78, 5) is 11.9. The van der Waals surface area contributed by atoms with E-state index in [-0.39, 0.29) is 5.91 Å². The van der Waals surface area contributed by atoms with Gasteiger partial charge in [0.15, 0.2) is 0 Å². The number of carbonyl (C=O) groups excluding carboxylic acids is 1. The smallest absolute Gasteiger partial charge is 0.252 e. The van der Waals surface area contributed by atoms with Crippen molar-refractivity contribution in [1.82, 2.24) is 5.32 Å². The number of benzene rings is 1. The van der Waals surface area contributed by atoms with Crippen LogP contribution in [0.2, 0.25) is 0 Å². The van der Waals surface area contributed by atoms with Crippen molar-refractivity contribution in [2.24, 2.45) is 0 Å². The van der Waals surface area contributed by atoms with Gasteiger partial charge >= 0.3 is 0 Å². The molecule has 0 aliphatic carbocycles. The van der Waals surface area contributed by atoms with E-state index in [0.717, 1.165) is 41.2 Å². The van der Waals surface area contributed by atoms with Gasteiger partial charge in [-0.1, -0.05) is 28.4 Å². The third-order valence-corrected chi connectivity index (χ3v) is 3.68. The van der Waals surface area contributed by atoms with Gasteiger partial charge in [0.25, 0.3) is 5.91 Å². The molecule has 0 aliphatic heterocycles. The van der Waals surface area contributed by atoms with Gasteiger partial charge in [0.05, 0.1) is 5.56 Å². The van der Waals surface area contributed by atoms with E-state index in [0.29, 0.717) is 5.56 Å². The van der Waals surface area contributed by atoms with Crippen LogP contribution >= 0.6 is 31.9 Å². The topological polar surface area (TPSA) is 29.1 Å². The lowest BCUT2D eigenvalue weighted by atomic mass is 10.1. The number of hydrogen-bond donors (Lipinski definition) is 1. The summed E-state index contributed by atoms with van der Waals surface area (Å²) < 4.78 is 0.857. The number of rotatable bonds is 6. The third kappa shape index (κ3) is 5.21. The minimum Gasteiger partial charge on any atom is -0.352 e. The van der Waals surface area contributed by atoms with E-state index in [9.17, 15) is 4.79 Å².